The van der Waals surface area contributed by atoms with E-state index in [1.165, 1.54) is 0 Å². The number of esters is 1. The summed E-state index contributed by atoms with van der Waals surface area (Å²) in [7, 11) is 0. The molecule has 0 fully saturated rings. The molecule has 2 N–H and O–H groups in total. The summed E-state index contributed by atoms with van der Waals surface area (Å²) in [5.41, 5.74) is -1.05. The first-order valence-electron chi connectivity index (χ1n) is 7.30. The Kier molecular flexibility index (Phi) is 6.55. The number of halogens is 3. The lowest BCUT2D eigenvalue weighted by atomic mass is 10.1. The van der Waals surface area contributed by atoms with Crippen LogP contribution in [0.2, 0.25) is 0 Å². The average Bonchev–Trinajstić information content (AvgIpc) is 2.42. The molecule has 0 aliphatic rings. The van der Waals surface area contributed by atoms with Crippen molar-refractivity contribution in [3.8, 4) is 0 Å². The summed E-state index contributed by atoms with van der Waals surface area (Å²) in [6, 6.07) is 3.29. The molecule has 0 bridgehead atoms. The number of benzene rings is 1. The normalized spacial score (nSPS) is 11.6. The van der Waals surface area contributed by atoms with Crippen LogP contribution in [0.3, 0.4) is 0 Å². The predicted molar refractivity (Wildman–Crippen MR) is 82.5 cm³/mol. The Hall–Kier alpha value is -2.58. The zero-order valence-corrected chi connectivity index (χ0v) is 14.0. The lowest BCUT2D eigenvalue weighted by molar-refractivity contribution is -0.147. The molecule has 138 valence electrons. The van der Waals surface area contributed by atoms with Gasteiger partial charge in [0.25, 0.3) is 5.91 Å². The van der Waals surface area contributed by atoms with Crippen molar-refractivity contribution in [2.24, 2.45) is 0 Å². The van der Waals surface area contributed by atoms with Crippen LogP contribution in [0, 0.1) is 0 Å². The van der Waals surface area contributed by atoms with Gasteiger partial charge in [0.1, 0.15) is 0 Å². The zero-order chi connectivity index (χ0) is 19.3. The van der Waals surface area contributed by atoms with Crippen LogP contribution >= 0.6 is 0 Å². The maximum Gasteiger partial charge on any atom is 0.416 e. The standard InChI is InChI=1S/C16H19F3N2O4/c1-15(2,3)21-14(24)20-12(22)9-25-13(23)8-10-4-6-11(7-5-10)16(17,18)19/h4-7H,8-9H2,1-3H3,(H2,20,21,22,24). The third-order valence-corrected chi connectivity index (χ3v) is 2.74. The highest BCUT2D eigenvalue weighted by Gasteiger charge is 2.30. The van der Waals surface area contributed by atoms with Crippen molar-refractivity contribution in [1.82, 2.24) is 10.6 Å². The van der Waals surface area contributed by atoms with Crippen molar-refractivity contribution < 1.29 is 32.3 Å². The van der Waals surface area contributed by atoms with E-state index in [0.717, 1.165) is 24.3 Å². The Labute approximate surface area is 142 Å². The molecule has 0 heterocycles. The Morgan fingerprint density at radius 2 is 1.60 bits per heavy atom. The van der Waals surface area contributed by atoms with Gasteiger partial charge in [-0.3, -0.25) is 14.9 Å². The van der Waals surface area contributed by atoms with Gasteiger partial charge in [-0.05, 0) is 38.5 Å². The molecule has 0 saturated heterocycles. The van der Waals surface area contributed by atoms with Gasteiger partial charge in [0.05, 0.1) is 12.0 Å². The van der Waals surface area contributed by atoms with E-state index in [0.29, 0.717) is 5.56 Å². The fraction of sp³-hybridized carbons (Fsp3) is 0.438. The van der Waals surface area contributed by atoms with Crippen LogP contribution in [0.1, 0.15) is 31.9 Å². The predicted octanol–water partition coefficient (Wildman–Crippen LogP) is 2.42. The number of nitrogens with one attached hydrogen (secondary N) is 2. The number of alkyl halides is 3. The molecule has 0 unspecified atom stereocenters. The average molecular weight is 360 g/mol. The quantitative estimate of drug-likeness (QED) is 0.808. The van der Waals surface area contributed by atoms with Gasteiger partial charge >= 0.3 is 18.2 Å². The van der Waals surface area contributed by atoms with Gasteiger partial charge in [-0.15, -0.1) is 0 Å². The van der Waals surface area contributed by atoms with Crippen LogP contribution in [0.25, 0.3) is 0 Å². The molecule has 9 heteroatoms. The first kappa shape index (κ1) is 20.5. The van der Waals surface area contributed by atoms with Crippen molar-refractivity contribution in [2.75, 3.05) is 6.61 Å². The minimum Gasteiger partial charge on any atom is -0.455 e. The van der Waals surface area contributed by atoms with Gasteiger partial charge in [-0.2, -0.15) is 13.2 Å². The van der Waals surface area contributed by atoms with Crippen LogP contribution in [0.4, 0.5) is 18.0 Å². The Balaban J connectivity index is 2.42. The van der Waals surface area contributed by atoms with E-state index in [9.17, 15) is 27.6 Å². The van der Waals surface area contributed by atoms with Gasteiger partial charge in [-0.1, -0.05) is 12.1 Å². The lowest BCUT2D eigenvalue weighted by Crippen LogP contribution is -2.49. The van der Waals surface area contributed by atoms with E-state index in [-0.39, 0.29) is 6.42 Å². The minimum atomic E-state index is -4.45. The number of hydrogen-bond acceptors (Lipinski definition) is 4. The van der Waals surface area contributed by atoms with Gasteiger partial charge in [-0.25, -0.2) is 4.79 Å². The molecule has 0 aliphatic heterocycles. The van der Waals surface area contributed by atoms with Gasteiger partial charge in [0.2, 0.25) is 0 Å². The molecular formula is C16H19F3N2O4. The van der Waals surface area contributed by atoms with Crippen LogP contribution in [-0.2, 0) is 26.9 Å². The zero-order valence-electron chi connectivity index (χ0n) is 14.0. The first-order chi connectivity index (χ1) is 11.4. The molecular weight excluding hydrogens is 341 g/mol. The van der Waals surface area contributed by atoms with Crippen LogP contribution < -0.4 is 10.6 Å². The Morgan fingerprint density at radius 1 is 1.04 bits per heavy atom. The highest BCUT2D eigenvalue weighted by atomic mass is 19.4. The molecule has 0 saturated carbocycles. The maximum atomic E-state index is 12.4. The van der Waals surface area contributed by atoms with Crippen molar-refractivity contribution >= 4 is 17.9 Å². The second-order valence-electron chi connectivity index (χ2n) is 6.28. The van der Waals surface area contributed by atoms with Crippen molar-refractivity contribution in [3.05, 3.63) is 35.4 Å². The number of rotatable bonds is 4. The smallest absolute Gasteiger partial charge is 0.416 e. The van der Waals surface area contributed by atoms with Crippen LogP contribution in [0.15, 0.2) is 24.3 Å². The number of amides is 3. The van der Waals surface area contributed by atoms with E-state index in [1.807, 2.05) is 5.32 Å². The van der Waals surface area contributed by atoms with Crippen LogP contribution in [0.5, 0.6) is 0 Å². The Bertz CT molecular complexity index is 634. The van der Waals surface area contributed by atoms with E-state index < -0.39 is 41.8 Å². The monoisotopic (exact) mass is 360 g/mol. The van der Waals surface area contributed by atoms with Crippen molar-refractivity contribution in [1.29, 1.82) is 0 Å². The van der Waals surface area contributed by atoms with Crippen molar-refractivity contribution in [3.63, 3.8) is 0 Å². The number of imide groups is 1. The van der Waals surface area contributed by atoms with E-state index >= 15 is 0 Å². The molecule has 1 aromatic rings. The fourth-order valence-electron chi connectivity index (χ4n) is 1.71. The molecule has 0 radical (unpaired) electrons. The molecule has 0 atom stereocenters. The summed E-state index contributed by atoms with van der Waals surface area (Å²) in [4.78, 5) is 34.5. The molecule has 0 aliphatic carbocycles. The minimum absolute atomic E-state index is 0.292. The first-order valence-corrected chi connectivity index (χ1v) is 7.30. The third kappa shape index (κ3) is 8.18. The molecule has 25 heavy (non-hydrogen) atoms. The molecule has 0 spiro atoms. The molecule has 3 amide bonds. The summed E-state index contributed by atoms with van der Waals surface area (Å²) in [5.74, 6) is -1.62. The third-order valence-electron chi connectivity index (χ3n) is 2.74. The molecule has 1 aromatic carbocycles. The number of carbonyl (C=O) groups is 3. The summed E-state index contributed by atoms with van der Waals surface area (Å²) < 4.78 is 42.0. The Morgan fingerprint density at radius 3 is 2.08 bits per heavy atom. The molecule has 1 rings (SSSR count). The van der Waals surface area contributed by atoms with Gasteiger partial charge in [0, 0.05) is 5.54 Å². The fourth-order valence-corrected chi connectivity index (χ4v) is 1.71. The number of carbonyl (C=O) groups excluding carboxylic acids is 3. The maximum absolute atomic E-state index is 12.4. The highest BCUT2D eigenvalue weighted by Crippen LogP contribution is 2.29. The second kappa shape index (κ2) is 8.00. The molecule has 6 nitrogen and oxygen atoms in total. The van der Waals surface area contributed by atoms with E-state index in [1.54, 1.807) is 20.8 Å². The summed E-state index contributed by atoms with van der Waals surface area (Å²) in [5, 5.41) is 4.48. The molecule has 0 aromatic heterocycles. The summed E-state index contributed by atoms with van der Waals surface area (Å²) in [6.45, 7) is 4.50. The number of urea groups is 1. The topological polar surface area (TPSA) is 84.5 Å². The largest absolute Gasteiger partial charge is 0.455 e. The summed E-state index contributed by atoms with van der Waals surface area (Å²) in [6.07, 6.45) is -4.75. The second-order valence-corrected chi connectivity index (χ2v) is 6.28. The van der Waals surface area contributed by atoms with E-state index in [2.05, 4.69) is 10.1 Å². The highest BCUT2D eigenvalue weighted by molar-refractivity contribution is 5.95. The van der Waals surface area contributed by atoms with Gasteiger partial charge < -0.3 is 10.1 Å². The number of hydrogen-bond donors (Lipinski definition) is 2. The number of ether oxygens (including phenoxy) is 1. The lowest BCUT2D eigenvalue weighted by Gasteiger charge is -2.20. The van der Waals surface area contributed by atoms with Crippen LogP contribution in [-0.4, -0.2) is 30.1 Å². The van der Waals surface area contributed by atoms with Gasteiger partial charge in [0.15, 0.2) is 6.61 Å². The van der Waals surface area contributed by atoms with E-state index in [4.69, 9.17) is 0 Å². The summed E-state index contributed by atoms with van der Waals surface area (Å²) >= 11 is 0. The van der Waals surface area contributed by atoms with Crippen molar-refractivity contribution in [2.45, 2.75) is 38.9 Å². The SMILES string of the molecule is CC(C)(C)NC(=O)NC(=O)COC(=O)Cc1ccc(C(F)(F)F)cc1.